The summed E-state index contributed by atoms with van der Waals surface area (Å²) in [6.45, 7) is 1.76. The Labute approximate surface area is 151 Å². The van der Waals surface area contributed by atoms with E-state index in [0.717, 1.165) is 11.4 Å². The molecule has 0 unspecified atom stereocenters. The molecule has 0 saturated carbocycles. The minimum Gasteiger partial charge on any atom is -0.699 e. The Morgan fingerprint density at radius 3 is 1.33 bits per heavy atom. The van der Waals surface area contributed by atoms with Crippen LogP contribution in [0.3, 0.4) is 0 Å². The van der Waals surface area contributed by atoms with Gasteiger partial charge in [0.2, 0.25) is 0 Å². The quantitative estimate of drug-likeness (QED) is 0.540. The number of rotatable bonds is 4. The molecule has 0 aromatic heterocycles. The molecular weight excluding hydrogens is 442 g/mol. The predicted octanol–water partition coefficient (Wildman–Crippen LogP) is 3.67. The summed E-state index contributed by atoms with van der Waals surface area (Å²) in [5.74, 6) is 0. The monoisotopic (exact) mass is 462 g/mol. The second-order valence-electron chi connectivity index (χ2n) is 3.76. The van der Waals surface area contributed by atoms with E-state index in [2.05, 4.69) is 10.6 Å². The van der Waals surface area contributed by atoms with Crippen LogP contribution in [0.1, 0.15) is 6.92 Å². The van der Waals surface area contributed by atoms with Crippen molar-refractivity contribution in [3.05, 3.63) is 71.3 Å². The predicted molar refractivity (Wildman–Crippen MR) is 77.7 cm³/mol. The van der Waals surface area contributed by atoms with Crippen molar-refractivity contribution in [1.29, 1.82) is 0 Å². The van der Waals surface area contributed by atoms with Gasteiger partial charge >= 0.3 is 39.0 Å². The summed E-state index contributed by atoms with van der Waals surface area (Å²) in [4.78, 5) is 0. The maximum atomic E-state index is 7.61. The smallest absolute Gasteiger partial charge is 0.699 e. The molecule has 21 heavy (non-hydrogen) atoms. The summed E-state index contributed by atoms with van der Waals surface area (Å²) in [5.41, 5.74) is 1.94. The van der Waals surface area contributed by atoms with E-state index in [4.69, 9.17) is 10.2 Å². The van der Waals surface area contributed by atoms with Gasteiger partial charge in [-0.1, -0.05) is 60.7 Å². The number of benzene rings is 2. The zero-order chi connectivity index (χ0) is 13.9. The van der Waals surface area contributed by atoms with Crippen molar-refractivity contribution in [1.82, 2.24) is 0 Å². The first kappa shape index (κ1) is 22.5. The second kappa shape index (κ2) is 14.2. The standard InChI is InChI=1S/C13H12N2.C2H6O2.2Ru/c1-3-7-12(8-4-1)14-11-15-13-9-5-2-6-10-13;1-2(3)4;;/h1-10H,11H2;2-4H,1H3;;/q-2;;2*+1. The molecule has 116 valence electrons. The van der Waals surface area contributed by atoms with E-state index in [-0.39, 0.29) is 39.0 Å². The van der Waals surface area contributed by atoms with Crippen molar-refractivity contribution >= 4 is 11.4 Å². The molecule has 2 radical (unpaired) electrons. The van der Waals surface area contributed by atoms with E-state index >= 15 is 0 Å². The van der Waals surface area contributed by atoms with E-state index < -0.39 is 6.29 Å². The molecule has 0 fully saturated rings. The number of aliphatic hydroxyl groups is 2. The molecule has 6 heteroatoms. The minimum absolute atomic E-state index is 0. The fourth-order valence-electron chi connectivity index (χ4n) is 1.27. The molecule has 2 aromatic carbocycles. The average Bonchev–Trinajstić information content (AvgIpc) is 2.41. The van der Waals surface area contributed by atoms with E-state index in [1.807, 2.05) is 60.7 Å². The Morgan fingerprint density at radius 2 is 1.05 bits per heavy atom. The van der Waals surface area contributed by atoms with Gasteiger partial charge < -0.3 is 20.8 Å². The van der Waals surface area contributed by atoms with Crippen molar-refractivity contribution in [3.8, 4) is 0 Å². The van der Waals surface area contributed by atoms with Crippen LogP contribution in [0.5, 0.6) is 0 Å². The van der Waals surface area contributed by atoms with Gasteiger partial charge in [-0.05, 0) is 6.92 Å². The van der Waals surface area contributed by atoms with Crippen molar-refractivity contribution in [2.24, 2.45) is 0 Å². The van der Waals surface area contributed by atoms with Crippen molar-refractivity contribution in [2.75, 3.05) is 6.67 Å². The average molecular weight is 460 g/mol. The van der Waals surface area contributed by atoms with Crippen LogP contribution in [0.4, 0.5) is 11.4 Å². The number of hydrogen-bond acceptors (Lipinski definition) is 2. The largest absolute Gasteiger partial charge is 1.00 e. The van der Waals surface area contributed by atoms with Crippen molar-refractivity contribution in [3.63, 3.8) is 0 Å². The SMILES string of the molecule is CC(O)O.[Ru+].[Ru+].c1ccc([N-]C[N-]c2ccccc2)cc1. The molecule has 0 heterocycles. The van der Waals surface area contributed by atoms with Crippen LogP contribution >= 0.6 is 0 Å². The molecule has 0 atom stereocenters. The Kier molecular flexibility index (Phi) is 15.2. The third-order valence-electron chi connectivity index (χ3n) is 2.02. The Morgan fingerprint density at radius 1 is 0.762 bits per heavy atom. The summed E-state index contributed by atoms with van der Waals surface area (Å²) in [5, 5.41) is 23.9. The minimum atomic E-state index is -1.17. The molecule has 2 N–H and O–H groups in total. The zero-order valence-corrected chi connectivity index (χ0v) is 15.0. The molecular formula is C15H18N2O2Ru2. The van der Waals surface area contributed by atoms with Crippen LogP contribution in [0.25, 0.3) is 10.6 Å². The van der Waals surface area contributed by atoms with Gasteiger partial charge in [-0.15, -0.1) is 11.4 Å². The number of para-hydroxylation sites is 2. The maximum Gasteiger partial charge on any atom is 1.00 e. The molecule has 0 aliphatic heterocycles. The van der Waals surface area contributed by atoms with Crippen LogP contribution in [0.2, 0.25) is 0 Å². The van der Waals surface area contributed by atoms with Crippen molar-refractivity contribution < 1.29 is 49.2 Å². The Balaban J connectivity index is 0. The van der Waals surface area contributed by atoms with Gasteiger partial charge in [0, 0.05) is 0 Å². The summed E-state index contributed by atoms with van der Waals surface area (Å²) in [6.07, 6.45) is -1.17. The van der Waals surface area contributed by atoms with E-state index in [0.29, 0.717) is 6.67 Å². The van der Waals surface area contributed by atoms with E-state index in [9.17, 15) is 0 Å². The third kappa shape index (κ3) is 12.6. The molecule has 0 bridgehead atoms. The summed E-state index contributed by atoms with van der Waals surface area (Å²) in [7, 11) is 0. The van der Waals surface area contributed by atoms with Gasteiger partial charge in [0.05, 0.1) is 0 Å². The van der Waals surface area contributed by atoms with Crippen LogP contribution in [0.15, 0.2) is 60.7 Å². The topological polar surface area (TPSA) is 68.7 Å². The number of nitrogens with zero attached hydrogens (tertiary/aromatic N) is 2. The molecule has 0 saturated heterocycles. The molecule has 4 nitrogen and oxygen atoms in total. The van der Waals surface area contributed by atoms with Crippen LogP contribution in [-0.2, 0) is 39.0 Å². The van der Waals surface area contributed by atoms with E-state index in [1.54, 1.807) is 0 Å². The Hall–Kier alpha value is -0.793. The number of hydrogen-bond donors (Lipinski definition) is 2. The van der Waals surface area contributed by atoms with Crippen LogP contribution < -0.4 is 0 Å². The van der Waals surface area contributed by atoms with Gasteiger partial charge in [0.1, 0.15) is 6.29 Å². The normalized spacial score (nSPS) is 8.57. The van der Waals surface area contributed by atoms with Gasteiger partial charge in [-0.2, -0.15) is 0 Å². The van der Waals surface area contributed by atoms with Gasteiger partial charge in [-0.25, -0.2) is 6.67 Å². The first-order valence-corrected chi connectivity index (χ1v) is 5.99. The third-order valence-corrected chi connectivity index (χ3v) is 2.02. The van der Waals surface area contributed by atoms with Gasteiger partial charge in [0.25, 0.3) is 0 Å². The van der Waals surface area contributed by atoms with Gasteiger partial charge in [0.15, 0.2) is 0 Å². The Bertz CT molecular complexity index is 400. The fourth-order valence-corrected chi connectivity index (χ4v) is 1.27. The number of aliphatic hydroxyl groups excluding tert-OH is 1. The molecule has 0 aliphatic rings. The molecule has 2 aromatic rings. The van der Waals surface area contributed by atoms with Crippen molar-refractivity contribution in [2.45, 2.75) is 13.2 Å². The molecule has 0 amide bonds. The van der Waals surface area contributed by atoms with E-state index in [1.165, 1.54) is 6.92 Å². The maximum absolute atomic E-state index is 7.61. The molecule has 0 aliphatic carbocycles. The first-order chi connectivity index (χ1) is 9.18. The fraction of sp³-hybridized carbons (Fsp3) is 0.200. The molecule has 0 spiro atoms. The van der Waals surface area contributed by atoms with Crippen LogP contribution in [0, 0.1) is 0 Å². The van der Waals surface area contributed by atoms with Gasteiger partial charge in [-0.3, -0.25) is 0 Å². The summed E-state index contributed by atoms with van der Waals surface area (Å²) < 4.78 is 0. The summed E-state index contributed by atoms with van der Waals surface area (Å²) in [6, 6.07) is 19.7. The van der Waals surface area contributed by atoms with Crippen LogP contribution in [-0.4, -0.2) is 23.2 Å². The summed E-state index contributed by atoms with van der Waals surface area (Å²) >= 11 is 0. The zero-order valence-electron chi connectivity index (χ0n) is 11.6. The second-order valence-corrected chi connectivity index (χ2v) is 3.76. The first-order valence-electron chi connectivity index (χ1n) is 5.99. The molecule has 2 rings (SSSR count).